The summed E-state index contributed by atoms with van der Waals surface area (Å²) in [5, 5.41) is 0. The van der Waals surface area contributed by atoms with E-state index in [0.29, 0.717) is 24.6 Å². The molecule has 1 aliphatic heterocycles. The Balaban J connectivity index is 1.58. The van der Waals surface area contributed by atoms with Crippen molar-refractivity contribution < 1.29 is 13.9 Å². The predicted molar refractivity (Wildman–Crippen MR) is 87.3 cm³/mol. The highest BCUT2D eigenvalue weighted by Crippen LogP contribution is 2.31. The number of nitrogens with zero attached hydrogens (tertiary/aromatic N) is 2. The topological polar surface area (TPSA) is 55.6 Å². The Morgan fingerprint density at radius 1 is 1.13 bits per heavy atom. The van der Waals surface area contributed by atoms with Crippen molar-refractivity contribution in [3.63, 3.8) is 0 Å². The van der Waals surface area contributed by atoms with E-state index in [-0.39, 0.29) is 5.91 Å². The lowest BCUT2D eigenvalue weighted by molar-refractivity contribution is -0.114. The molecule has 114 valence electrons. The van der Waals surface area contributed by atoms with Crippen LogP contribution in [0.4, 0.5) is 5.69 Å². The molecule has 1 aromatic heterocycles. The van der Waals surface area contributed by atoms with Gasteiger partial charge in [-0.3, -0.25) is 4.79 Å². The maximum atomic E-state index is 12.5. The molecule has 0 atom stereocenters. The second-order valence-corrected chi connectivity index (χ2v) is 5.16. The van der Waals surface area contributed by atoms with Crippen LogP contribution in [-0.2, 0) is 4.79 Å². The SMILES string of the molecule is O=C(/C=C/c1nc2ccccc2o1)N1CCOc2ccccc21. The molecule has 0 spiro atoms. The molecule has 0 bridgehead atoms. The summed E-state index contributed by atoms with van der Waals surface area (Å²) in [6.45, 7) is 1.01. The minimum Gasteiger partial charge on any atom is -0.490 e. The van der Waals surface area contributed by atoms with Gasteiger partial charge in [0.15, 0.2) is 5.58 Å². The van der Waals surface area contributed by atoms with Crippen LogP contribution in [0.3, 0.4) is 0 Å². The summed E-state index contributed by atoms with van der Waals surface area (Å²) >= 11 is 0. The number of hydrogen-bond acceptors (Lipinski definition) is 4. The van der Waals surface area contributed by atoms with Crippen molar-refractivity contribution in [1.82, 2.24) is 4.98 Å². The molecule has 1 aliphatic rings. The Morgan fingerprint density at radius 3 is 2.87 bits per heavy atom. The minimum absolute atomic E-state index is 0.122. The predicted octanol–water partition coefficient (Wildman–Crippen LogP) is 3.27. The number of oxazole rings is 1. The Morgan fingerprint density at radius 2 is 1.96 bits per heavy atom. The highest BCUT2D eigenvalue weighted by atomic mass is 16.5. The van der Waals surface area contributed by atoms with Gasteiger partial charge in [-0.25, -0.2) is 4.98 Å². The third-order valence-corrected chi connectivity index (χ3v) is 3.67. The highest BCUT2D eigenvalue weighted by molar-refractivity contribution is 6.04. The van der Waals surface area contributed by atoms with Gasteiger partial charge >= 0.3 is 0 Å². The summed E-state index contributed by atoms with van der Waals surface area (Å²) in [6.07, 6.45) is 3.08. The van der Waals surface area contributed by atoms with Gasteiger partial charge < -0.3 is 14.1 Å². The van der Waals surface area contributed by atoms with Crippen LogP contribution in [0.25, 0.3) is 17.2 Å². The lowest BCUT2D eigenvalue weighted by Crippen LogP contribution is -2.36. The maximum Gasteiger partial charge on any atom is 0.251 e. The summed E-state index contributed by atoms with van der Waals surface area (Å²) in [6, 6.07) is 15.0. The van der Waals surface area contributed by atoms with E-state index in [2.05, 4.69) is 4.98 Å². The first kappa shape index (κ1) is 13.6. The van der Waals surface area contributed by atoms with Crippen LogP contribution in [0.1, 0.15) is 5.89 Å². The molecule has 2 heterocycles. The molecule has 0 saturated carbocycles. The average Bonchev–Trinajstić information content (AvgIpc) is 3.02. The lowest BCUT2D eigenvalue weighted by Gasteiger charge is -2.28. The molecule has 4 rings (SSSR count). The van der Waals surface area contributed by atoms with Crippen LogP contribution in [0.15, 0.2) is 59.0 Å². The third kappa shape index (κ3) is 2.57. The fourth-order valence-corrected chi connectivity index (χ4v) is 2.59. The number of rotatable bonds is 2. The van der Waals surface area contributed by atoms with Crippen LogP contribution >= 0.6 is 0 Å². The summed E-state index contributed by atoms with van der Waals surface area (Å²) in [4.78, 5) is 18.5. The largest absolute Gasteiger partial charge is 0.490 e. The first-order valence-electron chi connectivity index (χ1n) is 7.38. The average molecular weight is 306 g/mol. The van der Waals surface area contributed by atoms with Gasteiger partial charge in [0.1, 0.15) is 17.9 Å². The summed E-state index contributed by atoms with van der Waals surface area (Å²) in [7, 11) is 0. The van der Waals surface area contributed by atoms with Crippen molar-refractivity contribution in [1.29, 1.82) is 0 Å². The van der Waals surface area contributed by atoms with Gasteiger partial charge in [-0.05, 0) is 24.3 Å². The molecule has 0 N–H and O–H groups in total. The van der Waals surface area contributed by atoms with E-state index in [4.69, 9.17) is 9.15 Å². The lowest BCUT2D eigenvalue weighted by atomic mass is 10.2. The van der Waals surface area contributed by atoms with E-state index in [1.807, 2.05) is 48.5 Å². The standard InChI is InChI=1S/C18H14N2O3/c21-18(20-11-12-22-16-8-4-2-6-14(16)20)10-9-17-19-13-5-1-3-7-15(13)23-17/h1-10H,11-12H2/b10-9+. The first-order chi connectivity index (χ1) is 11.3. The molecule has 2 aromatic carbocycles. The molecule has 5 heteroatoms. The summed E-state index contributed by atoms with van der Waals surface area (Å²) in [5.41, 5.74) is 2.26. The van der Waals surface area contributed by atoms with Gasteiger partial charge in [0.2, 0.25) is 5.89 Å². The third-order valence-electron chi connectivity index (χ3n) is 3.67. The molecule has 0 unspecified atom stereocenters. The molecular weight excluding hydrogens is 292 g/mol. The van der Waals surface area contributed by atoms with E-state index >= 15 is 0 Å². The Bertz CT molecular complexity index is 865. The number of ether oxygens (including phenoxy) is 1. The fraction of sp³-hybridized carbons (Fsp3) is 0.111. The molecule has 1 amide bonds. The van der Waals surface area contributed by atoms with Crippen LogP contribution in [0, 0.1) is 0 Å². The van der Waals surface area contributed by atoms with E-state index < -0.39 is 0 Å². The van der Waals surface area contributed by atoms with Gasteiger partial charge in [-0.15, -0.1) is 0 Å². The molecule has 3 aromatic rings. The number of benzene rings is 2. The summed E-state index contributed by atoms with van der Waals surface area (Å²) in [5.74, 6) is 1.02. The van der Waals surface area contributed by atoms with E-state index in [1.165, 1.54) is 6.08 Å². The number of amides is 1. The zero-order valence-corrected chi connectivity index (χ0v) is 12.3. The molecule has 5 nitrogen and oxygen atoms in total. The fourth-order valence-electron chi connectivity index (χ4n) is 2.59. The zero-order valence-electron chi connectivity index (χ0n) is 12.3. The van der Waals surface area contributed by atoms with Gasteiger partial charge in [0, 0.05) is 12.2 Å². The monoisotopic (exact) mass is 306 g/mol. The molecule has 0 radical (unpaired) electrons. The van der Waals surface area contributed by atoms with Gasteiger partial charge in [0.05, 0.1) is 12.2 Å². The second-order valence-electron chi connectivity index (χ2n) is 5.16. The van der Waals surface area contributed by atoms with E-state index in [0.717, 1.165) is 17.0 Å². The van der Waals surface area contributed by atoms with Gasteiger partial charge in [-0.1, -0.05) is 24.3 Å². The van der Waals surface area contributed by atoms with Crippen LogP contribution < -0.4 is 9.64 Å². The molecular formula is C18H14N2O3. The Hall–Kier alpha value is -3.08. The molecule has 23 heavy (non-hydrogen) atoms. The van der Waals surface area contributed by atoms with E-state index in [9.17, 15) is 4.79 Å². The number of anilines is 1. The van der Waals surface area contributed by atoms with Crippen LogP contribution in [0.5, 0.6) is 5.75 Å². The van der Waals surface area contributed by atoms with Crippen molar-refractivity contribution in [3.8, 4) is 5.75 Å². The van der Waals surface area contributed by atoms with Crippen molar-refractivity contribution >= 4 is 28.8 Å². The number of carbonyl (C=O) groups is 1. The van der Waals surface area contributed by atoms with E-state index in [1.54, 1.807) is 11.0 Å². The first-order valence-corrected chi connectivity index (χ1v) is 7.38. The second kappa shape index (κ2) is 5.61. The maximum absolute atomic E-state index is 12.5. The number of fused-ring (bicyclic) bond motifs is 2. The quantitative estimate of drug-likeness (QED) is 0.682. The van der Waals surface area contributed by atoms with Gasteiger partial charge in [-0.2, -0.15) is 0 Å². The zero-order chi connectivity index (χ0) is 15.6. The number of hydrogen-bond donors (Lipinski definition) is 0. The van der Waals surface area contributed by atoms with Crippen LogP contribution in [0.2, 0.25) is 0 Å². The van der Waals surface area contributed by atoms with Crippen molar-refractivity contribution in [3.05, 3.63) is 60.5 Å². The number of carbonyl (C=O) groups excluding carboxylic acids is 1. The Kier molecular flexibility index (Phi) is 3.31. The Labute approximate surface area is 132 Å². The summed E-state index contributed by atoms with van der Waals surface area (Å²) < 4.78 is 11.1. The molecule has 0 fully saturated rings. The highest BCUT2D eigenvalue weighted by Gasteiger charge is 2.21. The number of aromatic nitrogens is 1. The minimum atomic E-state index is -0.122. The van der Waals surface area contributed by atoms with Crippen molar-refractivity contribution in [2.45, 2.75) is 0 Å². The molecule has 0 aliphatic carbocycles. The molecule has 0 saturated heterocycles. The van der Waals surface area contributed by atoms with Crippen LogP contribution in [-0.4, -0.2) is 24.0 Å². The number of para-hydroxylation sites is 4. The van der Waals surface area contributed by atoms with Crippen molar-refractivity contribution in [2.75, 3.05) is 18.1 Å². The smallest absolute Gasteiger partial charge is 0.251 e. The van der Waals surface area contributed by atoms with Gasteiger partial charge in [0.25, 0.3) is 5.91 Å². The van der Waals surface area contributed by atoms with Crippen molar-refractivity contribution in [2.24, 2.45) is 0 Å². The normalized spacial score (nSPS) is 14.0.